The summed E-state index contributed by atoms with van der Waals surface area (Å²) in [5, 5.41) is 10.9. The zero-order chi connectivity index (χ0) is 14.7. The highest BCUT2D eigenvalue weighted by molar-refractivity contribution is 6.33. The average molecular weight is 305 g/mol. The first-order chi connectivity index (χ1) is 10.3. The minimum atomic E-state index is -0.136. The van der Waals surface area contributed by atoms with Gasteiger partial charge in [-0.2, -0.15) is 5.10 Å². The van der Waals surface area contributed by atoms with Gasteiger partial charge >= 0.3 is 0 Å². The molecule has 6 heteroatoms. The predicted molar refractivity (Wildman–Crippen MR) is 82.8 cm³/mol. The number of hydrogen-bond donors (Lipinski definition) is 2. The Hall–Kier alpha value is -1.85. The Labute approximate surface area is 128 Å². The van der Waals surface area contributed by atoms with Crippen molar-refractivity contribution in [1.82, 2.24) is 15.1 Å². The molecule has 3 rings (SSSR count). The molecule has 1 unspecified atom stereocenters. The van der Waals surface area contributed by atoms with Crippen LogP contribution in [0.3, 0.4) is 0 Å². The van der Waals surface area contributed by atoms with Crippen LogP contribution in [0.2, 0.25) is 5.02 Å². The van der Waals surface area contributed by atoms with Gasteiger partial charge in [-0.05, 0) is 37.6 Å². The molecule has 0 aliphatic carbocycles. The second-order valence-corrected chi connectivity index (χ2v) is 5.49. The summed E-state index contributed by atoms with van der Waals surface area (Å²) in [4.78, 5) is 12.4. The quantitative estimate of drug-likeness (QED) is 0.916. The summed E-state index contributed by atoms with van der Waals surface area (Å²) in [6, 6.07) is 7.12. The fraction of sp³-hybridized carbons (Fsp3) is 0.333. The van der Waals surface area contributed by atoms with Gasteiger partial charge in [0.1, 0.15) is 5.69 Å². The maximum absolute atomic E-state index is 12.4. The second-order valence-electron chi connectivity index (χ2n) is 5.08. The second kappa shape index (κ2) is 6.28. The van der Waals surface area contributed by atoms with Gasteiger partial charge in [0, 0.05) is 12.4 Å². The summed E-state index contributed by atoms with van der Waals surface area (Å²) in [6.45, 7) is 0.889. The first-order valence-corrected chi connectivity index (χ1v) is 7.46. The summed E-state index contributed by atoms with van der Waals surface area (Å²) in [5.74, 6) is -0.0228. The Morgan fingerprint density at radius 2 is 2.29 bits per heavy atom. The molecule has 0 spiro atoms. The van der Waals surface area contributed by atoms with Crippen molar-refractivity contribution < 1.29 is 4.79 Å². The number of carbonyl (C=O) groups is 1. The molecule has 1 atom stereocenters. The van der Waals surface area contributed by atoms with Crippen molar-refractivity contribution in [1.29, 1.82) is 0 Å². The fourth-order valence-corrected chi connectivity index (χ4v) is 2.81. The van der Waals surface area contributed by atoms with Crippen LogP contribution >= 0.6 is 11.6 Å². The third-order valence-electron chi connectivity index (χ3n) is 3.60. The van der Waals surface area contributed by atoms with Gasteiger partial charge in [-0.1, -0.05) is 24.1 Å². The number of nitrogens with one attached hydrogen (secondary N) is 2. The largest absolute Gasteiger partial charge is 0.323 e. The van der Waals surface area contributed by atoms with E-state index in [1.54, 1.807) is 23.1 Å². The first kappa shape index (κ1) is 14.1. The zero-order valence-electron chi connectivity index (χ0n) is 11.6. The van der Waals surface area contributed by atoms with Crippen LogP contribution in [0, 0.1) is 0 Å². The summed E-state index contributed by atoms with van der Waals surface area (Å²) in [5.41, 5.74) is 1.36. The number of benzene rings is 1. The standard InChI is InChI=1S/C15H17ClN4O/c16-11-5-3-7-12(14(11)20-10-4-9-18-20)19-15(21)13-6-1-2-8-17-13/h3-5,7,9-10,13,17H,1-2,6,8H2,(H,19,21). The van der Waals surface area contributed by atoms with Crippen LogP contribution in [-0.4, -0.2) is 28.3 Å². The molecule has 2 aromatic rings. The van der Waals surface area contributed by atoms with E-state index in [4.69, 9.17) is 11.6 Å². The van der Waals surface area contributed by atoms with Gasteiger partial charge < -0.3 is 10.6 Å². The number of nitrogens with zero attached hydrogens (tertiary/aromatic N) is 2. The summed E-state index contributed by atoms with van der Waals surface area (Å²) < 4.78 is 1.66. The third kappa shape index (κ3) is 3.09. The van der Waals surface area contributed by atoms with Crippen molar-refractivity contribution in [3.8, 4) is 5.69 Å². The Balaban J connectivity index is 1.85. The van der Waals surface area contributed by atoms with E-state index in [9.17, 15) is 4.79 Å². The Morgan fingerprint density at radius 1 is 1.38 bits per heavy atom. The minimum absolute atomic E-state index is 0.0228. The van der Waals surface area contributed by atoms with Crippen molar-refractivity contribution >= 4 is 23.2 Å². The highest BCUT2D eigenvalue weighted by Gasteiger charge is 2.22. The summed E-state index contributed by atoms with van der Waals surface area (Å²) in [7, 11) is 0. The van der Waals surface area contributed by atoms with E-state index in [0.717, 1.165) is 25.8 Å². The third-order valence-corrected chi connectivity index (χ3v) is 3.91. The van der Waals surface area contributed by atoms with E-state index in [2.05, 4.69) is 15.7 Å². The molecular formula is C15H17ClN4O. The molecule has 2 heterocycles. The number of piperidine rings is 1. The number of carbonyl (C=O) groups excluding carboxylic acids is 1. The van der Waals surface area contributed by atoms with Crippen LogP contribution in [-0.2, 0) is 4.79 Å². The van der Waals surface area contributed by atoms with E-state index in [0.29, 0.717) is 16.4 Å². The van der Waals surface area contributed by atoms with Crippen molar-refractivity contribution in [2.45, 2.75) is 25.3 Å². The topological polar surface area (TPSA) is 59.0 Å². The number of hydrogen-bond acceptors (Lipinski definition) is 3. The first-order valence-electron chi connectivity index (χ1n) is 7.08. The number of halogens is 1. The molecule has 1 fully saturated rings. The molecule has 1 aliphatic heterocycles. The average Bonchev–Trinajstić information content (AvgIpc) is 3.02. The van der Waals surface area contributed by atoms with Crippen LogP contribution in [0.25, 0.3) is 5.69 Å². The summed E-state index contributed by atoms with van der Waals surface area (Å²) >= 11 is 6.26. The van der Waals surface area contributed by atoms with Gasteiger partial charge in [-0.25, -0.2) is 4.68 Å². The van der Waals surface area contributed by atoms with Crippen molar-refractivity contribution in [3.63, 3.8) is 0 Å². The van der Waals surface area contributed by atoms with Crippen molar-refractivity contribution in [2.75, 3.05) is 11.9 Å². The zero-order valence-corrected chi connectivity index (χ0v) is 12.3. The van der Waals surface area contributed by atoms with Crippen LogP contribution < -0.4 is 10.6 Å². The predicted octanol–water partition coefficient (Wildman–Crippen LogP) is 2.61. The van der Waals surface area contributed by atoms with Gasteiger partial charge in [0.05, 0.1) is 16.8 Å². The number of amides is 1. The number of aromatic nitrogens is 2. The normalized spacial score (nSPS) is 18.4. The van der Waals surface area contributed by atoms with Crippen LogP contribution in [0.5, 0.6) is 0 Å². The molecule has 110 valence electrons. The molecule has 5 nitrogen and oxygen atoms in total. The maximum atomic E-state index is 12.4. The van der Waals surface area contributed by atoms with Gasteiger partial charge in [0.2, 0.25) is 5.91 Å². The molecule has 1 saturated heterocycles. The molecule has 0 saturated carbocycles. The number of rotatable bonds is 3. The van der Waals surface area contributed by atoms with Crippen LogP contribution in [0.4, 0.5) is 5.69 Å². The summed E-state index contributed by atoms with van der Waals surface area (Å²) in [6.07, 6.45) is 6.54. The highest BCUT2D eigenvalue weighted by atomic mass is 35.5. The Morgan fingerprint density at radius 3 is 3.00 bits per heavy atom. The van der Waals surface area contributed by atoms with E-state index < -0.39 is 0 Å². The lowest BCUT2D eigenvalue weighted by atomic mass is 10.0. The SMILES string of the molecule is O=C(Nc1cccc(Cl)c1-n1cccn1)C1CCCCN1. The molecule has 0 bridgehead atoms. The van der Waals surface area contributed by atoms with E-state index >= 15 is 0 Å². The van der Waals surface area contributed by atoms with Crippen molar-refractivity contribution in [3.05, 3.63) is 41.7 Å². The fourth-order valence-electron chi connectivity index (χ4n) is 2.55. The van der Waals surface area contributed by atoms with Gasteiger partial charge in [-0.3, -0.25) is 4.79 Å². The molecular weight excluding hydrogens is 288 g/mol. The monoisotopic (exact) mass is 304 g/mol. The molecule has 2 N–H and O–H groups in total. The smallest absolute Gasteiger partial charge is 0.241 e. The van der Waals surface area contributed by atoms with Crippen LogP contribution in [0.1, 0.15) is 19.3 Å². The molecule has 1 aromatic carbocycles. The van der Waals surface area contributed by atoms with Crippen molar-refractivity contribution in [2.24, 2.45) is 0 Å². The van der Waals surface area contributed by atoms with Gasteiger partial charge in [0.25, 0.3) is 0 Å². The molecule has 21 heavy (non-hydrogen) atoms. The Bertz CT molecular complexity index is 621. The lowest BCUT2D eigenvalue weighted by Crippen LogP contribution is -2.43. The minimum Gasteiger partial charge on any atom is -0.323 e. The van der Waals surface area contributed by atoms with Gasteiger partial charge in [0.15, 0.2) is 0 Å². The molecule has 1 aliphatic rings. The van der Waals surface area contributed by atoms with Gasteiger partial charge in [-0.15, -0.1) is 0 Å². The maximum Gasteiger partial charge on any atom is 0.241 e. The van der Waals surface area contributed by atoms with E-state index in [1.807, 2.05) is 18.2 Å². The highest BCUT2D eigenvalue weighted by Crippen LogP contribution is 2.28. The van der Waals surface area contributed by atoms with E-state index in [1.165, 1.54) is 0 Å². The Kier molecular flexibility index (Phi) is 4.22. The van der Waals surface area contributed by atoms with Crippen LogP contribution in [0.15, 0.2) is 36.7 Å². The number of para-hydroxylation sites is 1. The number of anilines is 1. The lowest BCUT2D eigenvalue weighted by molar-refractivity contribution is -0.118. The molecule has 1 aromatic heterocycles. The molecule has 1 amide bonds. The lowest BCUT2D eigenvalue weighted by Gasteiger charge is -2.23. The molecule has 0 radical (unpaired) electrons. The van der Waals surface area contributed by atoms with E-state index in [-0.39, 0.29) is 11.9 Å².